The molecule has 1 rings (SSSR count). The molecular formula is C4H5F3O4S. The van der Waals surface area contributed by atoms with Gasteiger partial charge in [0.25, 0.3) is 0 Å². The first-order valence-electron chi connectivity index (χ1n) is 2.90. The minimum Gasteiger partial charge on any atom is -0.371 e. The van der Waals surface area contributed by atoms with E-state index in [9.17, 15) is 21.6 Å². The van der Waals surface area contributed by atoms with Crippen LogP contribution in [0, 0.1) is 0 Å². The van der Waals surface area contributed by atoms with Crippen molar-refractivity contribution in [1.29, 1.82) is 0 Å². The monoisotopic (exact) mass is 206 g/mol. The highest BCUT2D eigenvalue weighted by Gasteiger charge is 2.48. The Bertz CT molecular complexity index is 252. The summed E-state index contributed by atoms with van der Waals surface area (Å²) in [6, 6.07) is 0. The minimum absolute atomic E-state index is 0.243. The molecule has 72 valence electrons. The Morgan fingerprint density at radius 3 is 2.33 bits per heavy atom. The van der Waals surface area contributed by atoms with E-state index in [1.165, 1.54) is 0 Å². The lowest BCUT2D eigenvalue weighted by Crippen LogP contribution is -2.26. The van der Waals surface area contributed by atoms with Gasteiger partial charge in [-0.3, -0.25) is 4.18 Å². The molecule has 0 amide bonds. The smallest absolute Gasteiger partial charge is 0.371 e. The molecule has 0 spiro atoms. The van der Waals surface area contributed by atoms with Crippen LogP contribution in [0.5, 0.6) is 0 Å². The summed E-state index contributed by atoms with van der Waals surface area (Å²) in [5.74, 6) is 0. The van der Waals surface area contributed by atoms with Crippen LogP contribution in [-0.4, -0.2) is 33.2 Å². The molecule has 12 heavy (non-hydrogen) atoms. The van der Waals surface area contributed by atoms with Gasteiger partial charge in [-0.05, 0) is 0 Å². The van der Waals surface area contributed by atoms with Gasteiger partial charge in [-0.1, -0.05) is 0 Å². The maximum Gasteiger partial charge on any atom is 0.523 e. The molecule has 1 aliphatic rings. The first kappa shape index (κ1) is 9.75. The van der Waals surface area contributed by atoms with Crippen molar-refractivity contribution in [2.75, 3.05) is 13.2 Å². The summed E-state index contributed by atoms with van der Waals surface area (Å²) in [5.41, 5.74) is -5.35. The molecule has 1 unspecified atom stereocenters. The Morgan fingerprint density at radius 2 is 2.00 bits per heavy atom. The second kappa shape index (κ2) is 2.86. The molecule has 0 N–H and O–H groups in total. The maximum atomic E-state index is 11.6. The van der Waals surface area contributed by atoms with Crippen LogP contribution in [0.25, 0.3) is 0 Å². The molecule has 8 heteroatoms. The van der Waals surface area contributed by atoms with Gasteiger partial charge in [0.2, 0.25) is 0 Å². The van der Waals surface area contributed by atoms with Gasteiger partial charge in [0.15, 0.2) is 0 Å². The topological polar surface area (TPSA) is 55.9 Å². The molecule has 0 aromatic carbocycles. The third-order valence-electron chi connectivity index (χ3n) is 1.09. The average molecular weight is 206 g/mol. The van der Waals surface area contributed by atoms with Crippen molar-refractivity contribution in [3.63, 3.8) is 0 Å². The van der Waals surface area contributed by atoms with Gasteiger partial charge in [0.05, 0.1) is 13.2 Å². The van der Waals surface area contributed by atoms with Gasteiger partial charge in [0, 0.05) is 0 Å². The molecule has 0 radical (unpaired) electrons. The molecule has 4 nitrogen and oxygen atoms in total. The number of epoxide rings is 1. The van der Waals surface area contributed by atoms with E-state index in [-0.39, 0.29) is 6.61 Å². The second-order valence-corrected chi connectivity index (χ2v) is 3.75. The molecular weight excluding hydrogens is 201 g/mol. The molecule has 0 saturated carbocycles. The van der Waals surface area contributed by atoms with Gasteiger partial charge in [-0.25, -0.2) is 0 Å². The van der Waals surface area contributed by atoms with E-state index < -0.39 is 28.3 Å². The summed E-state index contributed by atoms with van der Waals surface area (Å²) in [4.78, 5) is 0. The van der Waals surface area contributed by atoms with Crippen LogP contribution >= 0.6 is 0 Å². The first-order chi connectivity index (χ1) is 5.33. The van der Waals surface area contributed by atoms with E-state index in [4.69, 9.17) is 0 Å². The van der Waals surface area contributed by atoms with Crippen molar-refractivity contribution >= 4 is 10.1 Å². The predicted molar refractivity (Wildman–Crippen MR) is 30.7 cm³/mol. The van der Waals surface area contributed by atoms with Crippen LogP contribution in [0.1, 0.15) is 0 Å². The number of alkyl halides is 3. The van der Waals surface area contributed by atoms with E-state index in [1.807, 2.05) is 0 Å². The third kappa shape index (κ3) is 2.32. The van der Waals surface area contributed by atoms with Crippen LogP contribution in [-0.2, 0) is 19.0 Å². The normalized spacial score (nSPS) is 24.1. The van der Waals surface area contributed by atoms with Crippen LogP contribution in [0.15, 0.2) is 0 Å². The van der Waals surface area contributed by atoms with Crippen molar-refractivity contribution in [3.8, 4) is 0 Å². The molecule has 0 bridgehead atoms. The number of hydrogen-bond donors (Lipinski definition) is 0. The standard InChI is InChI=1S/C4H5F3O4S/c5-4(6,7)12(8,9)11-2-3-1-10-3/h3H,1-2H2. The first-order valence-corrected chi connectivity index (χ1v) is 4.31. The molecule has 0 aromatic heterocycles. The van der Waals surface area contributed by atoms with Gasteiger partial charge >= 0.3 is 15.6 Å². The molecule has 0 aromatic rings. The maximum absolute atomic E-state index is 11.6. The Balaban J connectivity index is 2.47. The molecule has 1 fully saturated rings. The summed E-state index contributed by atoms with van der Waals surface area (Å²) in [5, 5.41) is 0. The van der Waals surface area contributed by atoms with Gasteiger partial charge in [-0.2, -0.15) is 21.6 Å². The number of ether oxygens (including phenoxy) is 1. The second-order valence-electron chi connectivity index (χ2n) is 2.14. The Kier molecular flexibility index (Phi) is 2.32. The fraction of sp³-hybridized carbons (Fsp3) is 1.00. The molecule has 1 aliphatic heterocycles. The van der Waals surface area contributed by atoms with Crippen molar-refractivity contribution in [1.82, 2.24) is 0 Å². The SMILES string of the molecule is O=S(=O)(OCC1CO1)C(F)(F)F. The number of rotatable bonds is 3. The number of hydrogen-bond acceptors (Lipinski definition) is 4. The predicted octanol–water partition coefficient (Wildman–Crippen LogP) is 0.251. The van der Waals surface area contributed by atoms with E-state index >= 15 is 0 Å². The Hall–Kier alpha value is -0.340. The fourth-order valence-corrected chi connectivity index (χ4v) is 0.861. The highest BCUT2D eigenvalue weighted by Crippen LogP contribution is 2.25. The summed E-state index contributed by atoms with van der Waals surface area (Å²) in [7, 11) is -5.43. The molecule has 1 heterocycles. The summed E-state index contributed by atoms with van der Waals surface area (Å²) in [6.45, 7) is -0.324. The lowest BCUT2D eigenvalue weighted by molar-refractivity contribution is -0.0544. The summed E-state index contributed by atoms with van der Waals surface area (Å²) < 4.78 is 63.1. The summed E-state index contributed by atoms with van der Waals surface area (Å²) in [6.07, 6.45) is -0.512. The average Bonchev–Trinajstić information content (AvgIpc) is 2.62. The van der Waals surface area contributed by atoms with E-state index in [1.54, 1.807) is 0 Å². The molecule has 0 aliphatic carbocycles. The molecule has 1 saturated heterocycles. The minimum atomic E-state index is -5.43. The third-order valence-corrected chi connectivity index (χ3v) is 2.11. The zero-order chi connectivity index (χ0) is 9.41. The van der Waals surface area contributed by atoms with Crippen LogP contribution < -0.4 is 0 Å². The lowest BCUT2D eigenvalue weighted by Gasteiger charge is -2.06. The summed E-state index contributed by atoms with van der Waals surface area (Å²) >= 11 is 0. The van der Waals surface area contributed by atoms with Crippen molar-refractivity contribution in [2.24, 2.45) is 0 Å². The van der Waals surface area contributed by atoms with Crippen LogP contribution in [0.4, 0.5) is 13.2 Å². The van der Waals surface area contributed by atoms with E-state index in [0.29, 0.717) is 0 Å². The van der Waals surface area contributed by atoms with E-state index in [2.05, 4.69) is 8.92 Å². The highest BCUT2D eigenvalue weighted by atomic mass is 32.2. The zero-order valence-electron chi connectivity index (χ0n) is 5.67. The Labute approximate surface area is 66.4 Å². The molecule has 1 atom stereocenters. The lowest BCUT2D eigenvalue weighted by atomic mass is 10.5. The van der Waals surface area contributed by atoms with Crippen molar-refractivity contribution in [2.45, 2.75) is 11.6 Å². The number of halogens is 3. The quantitative estimate of drug-likeness (QED) is 0.377. The highest BCUT2D eigenvalue weighted by molar-refractivity contribution is 7.87. The van der Waals surface area contributed by atoms with Crippen molar-refractivity contribution < 1.29 is 30.5 Å². The van der Waals surface area contributed by atoms with Gasteiger partial charge in [0.1, 0.15) is 6.10 Å². The van der Waals surface area contributed by atoms with Crippen LogP contribution in [0.2, 0.25) is 0 Å². The van der Waals surface area contributed by atoms with Crippen molar-refractivity contribution in [3.05, 3.63) is 0 Å². The zero-order valence-corrected chi connectivity index (χ0v) is 6.48. The van der Waals surface area contributed by atoms with E-state index in [0.717, 1.165) is 0 Å². The van der Waals surface area contributed by atoms with Gasteiger partial charge < -0.3 is 4.74 Å². The van der Waals surface area contributed by atoms with Gasteiger partial charge in [-0.15, -0.1) is 0 Å². The largest absolute Gasteiger partial charge is 0.523 e. The van der Waals surface area contributed by atoms with Crippen LogP contribution in [0.3, 0.4) is 0 Å². The fourth-order valence-electron chi connectivity index (χ4n) is 0.397. The Morgan fingerprint density at radius 1 is 1.50 bits per heavy atom.